The number of nitrogens with zero attached hydrogens (tertiary/aromatic N) is 6. The molecule has 13 heteroatoms. The van der Waals surface area contributed by atoms with Crippen LogP contribution in [0.1, 0.15) is 16.7 Å². The van der Waals surface area contributed by atoms with Gasteiger partial charge in [-0.3, -0.25) is 4.79 Å². The Bertz CT molecular complexity index is 1120. The minimum absolute atomic E-state index is 0.0185. The van der Waals surface area contributed by atoms with Gasteiger partial charge >= 0.3 is 12.4 Å². The molecule has 0 fully saturated rings. The van der Waals surface area contributed by atoms with Crippen molar-refractivity contribution in [3.05, 3.63) is 59.7 Å². The number of aromatic nitrogens is 5. The van der Waals surface area contributed by atoms with Crippen LogP contribution >= 0.6 is 0 Å². The normalized spacial score (nSPS) is 12.7. The highest BCUT2D eigenvalue weighted by atomic mass is 19.4. The molecule has 168 valence electrons. The van der Waals surface area contributed by atoms with E-state index in [-0.39, 0.29) is 17.5 Å². The van der Waals surface area contributed by atoms with Crippen molar-refractivity contribution in [2.75, 3.05) is 14.1 Å². The molecule has 1 amide bonds. The Kier molecular flexibility index (Phi) is 6.01. The Morgan fingerprint density at radius 1 is 1.00 bits per heavy atom. The predicted octanol–water partition coefficient (Wildman–Crippen LogP) is 3.86. The first-order valence-electron chi connectivity index (χ1n) is 8.78. The average molecular weight is 456 g/mol. The third kappa shape index (κ3) is 5.10. The van der Waals surface area contributed by atoms with Crippen LogP contribution in [0.15, 0.2) is 43.0 Å². The van der Waals surface area contributed by atoms with Gasteiger partial charge in [0.2, 0.25) is 0 Å². The largest absolute Gasteiger partial charge is 0.416 e. The highest BCUT2D eigenvalue weighted by molar-refractivity contribution is 6.22. The number of alkyl halides is 6. The Morgan fingerprint density at radius 2 is 1.62 bits per heavy atom. The second-order valence-corrected chi connectivity index (χ2v) is 6.72. The molecule has 0 spiro atoms. The first-order chi connectivity index (χ1) is 14.9. The van der Waals surface area contributed by atoms with Gasteiger partial charge in [0.1, 0.15) is 6.33 Å². The summed E-state index contributed by atoms with van der Waals surface area (Å²) in [5, 5.41) is 11.2. The van der Waals surface area contributed by atoms with Gasteiger partial charge in [0.15, 0.2) is 5.82 Å². The number of likely N-dealkylation sites (N-methyl/N-ethyl adjacent to an activating group) is 1. The van der Waals surface area contributed by atoms with Crippen LogP contribution in [0.3, 0.4) is 0 Å². The maximum absolute atomic E-state index is 13.1. The van der Waals surface area contributed by atoms with Gasteiger partial charge in [-0.25, -0.2) is 9.67 Å². The molecule has 0 saturated heterocycles. The SMILES string of the molecule is CN(C)C(=O)/C(=C/n1cnc(-c2cc(C(F)(F)F)cc(C(F)(F)F)c2)n1)c1ccnnc1. The molecule has 0 radical (unpaired) electrons. The van der Waals surface area contributed by atoms with Crippen LogP contribution < -0.4 is 0 Å². The molecule has 0 saturated carbocycles. The standard InChI is InChI=1S/C19H14F6N6O/c1-30(2)17(32)15(11-3-4-27-28-8-11)9-31-10-26-16(29-31)12-5-13(18(20,21)22)7-14(6-12)19(23,24)25/h3-10H,1-2H3/b15-9+. The quantitative estimate of drug-likeness (QED) is 0.440. The van der Waals surface area contributed by atoms with Gasteiger partial charge in [0.25, 0.3) is 5.91 Å². The van der Waals surface area contributed by atoms with Crippen molar-refractivity contribution < 1.29 is 31.1 Å². The lowest BCUT2D eigenvalue weighted by Crippen LogP contribution is -2.23. The second kappa shape index (κ2) is 8.40. The number of benzene rings is 1. The molecule has 3 rings (SSSR count). The predicted molar refractivity (Wildman–Crippen MR) is 100 cm³/mol. The molecular formula is C19H14F6N6O. The number of rotatable bonds is 4. The molecule has 2 aromatic heterocycles. The lowest BCUT2D eigenvalue weighted by molar-refractivity contribution is -0.143. The highest BCUT2D eigenvalue weighted by Gasteiger charge is 2.37. The maximum Gasteiger partial charge on any atom is 0.416 e. The topological polar surface area (TPSA) is 76.8 Å². The fourth-order valence-corrected chi connectivity index (χ4v) is 2.63. The Hall–Kier alpha value is -3.77. The summed E-state index contributed by atoms with van der Waals surface area (Å²) in [5.41, 5.74) is -2.98. The van der Waals surface area contributed by atoms with Crippen LogP contribution in [0.25, 0.3) is 23.2 Å². The highest BCUT2D eigenvalue weighted by Crippen LogP contribution is 2.38. The molecule has 0 unspecified atom stereocenters. The zero-order valence-corrected chi connectivity index (χ0v) is 16.5. The fourth-order valence-electron chi connectivity index (χ4n) is 2.63. The third-order valence-electron chi connectivity index (χ3n) is 4.15. The molecule has 1 aromatic carbocycles. The van der Waals surface area contributed by atoms with Crippen molar-refractivity contribution >= 4 is 17.7 Å². The van der Waals surface area contributed by atoms with Crippen LogP contribution in [0, 0.1) is 0 Å². The minimum Gasteiger partial charge on any atom is -0.345 e. The zero-order valence-electron chi connectivity index (χ0n) is 16.5. The van der Waals surface area contributed by atoms with E-state index in [1.54, 1.807) is 0 Å². The van der Waals surface area contributed by atoms with Crippen LogP contribution in [0.4, 0.5) is 26.3 Å². The zero-order chi connectivity index (χ0) is 23.7. The number of carbonyl (C=O) groups is 1. The molecule has 32 heavy (non-hydrogen) atoms. The summed E-state index contributed by atoms with van der Waals surface area (Å²) in [5.74, 6) is -0.837. The first kappa shape index (κ1) is 22.9. The van der Waals surface area contributed by atoms with Crippen LogP contribution in [0.5, 0.6) is 0 Å². The molecule has 0 aliphatic carbocycles. The summed E-state index contributed by atoms with van der Waals surface area (Å²) in [4.78, 5) is 17.6. The molecule has 3 aromatic rings. The molecular weight excluding hydrogens is 442 g/mol. The molecule has 7 nitrogen and oxygen atoms in total. The molecule has 0 bridgehead atoms. The third-order valence-corrected chi connectivity index (χ3v) is 4.15. The molecule has 0 aliphatic heterocycles. The summed E-state index contributed by atoms with van der Waals surface area (Å²) < 4.78 is 79.6. The van der Waals surface area contributed by atoms with E-state index < -0.39 is 35.0 Å². The minimum atomic E-state index is -5.00. The van der Waals surface area contributed by atoms with Gasteiger partial charge in [0, 0.05) is 31.4 Å². The van der Waals surface area contributed by atoms with E-state index in [1.165, 1.54) is 43.7 Å². The van der Waals surface area contributed by atoms with Gasteiger partial charge in [-0.1, -0.05) is 0 Å². The summed E-state index contributed by atoms with van der Waals surface area (Å²) in [6.07, 6.45) is -5.06. The Morgan fingerprint density at radius 3 is 2.12 bits per heavy atom. The number of amides is 1. The maximum atomic E-state index is 13.1. The molecule has 2 heterocycles. The van der Waals surface area contributed by atoms with Crippen LogP contribution in [0.2, 0.25) is 0 Å². The van der Waals surface area contributed by atoms with Crippen molar-refractivity contribution in [1.29, 1.82) is 0 Å². The van der Waals surface area contributed by atoms with E-state index in [2.05, 4.69) is 20.3 Å². The molecule has 0 N–H and O–H groups in total. The van der Waals surface area contributed by atoms with E-state index in [0.29, 0.717) is 17.7 Å². The number of hydrogen-bond acceptors (Lipinski definition) is 5. The first-order valence-corrected chi connectivity index (χ1v) is 8.78. The van der Waals surface area contributed by atoms with Gasteiger partial charge in [-0.2, -0.15) is 36.5 Å². The van der Waals surface area contributed by atoms with E-state index in [1.807, 2.05) is 0 Å². The lowest BCUT2D eigenvalue weighted by atomic mass is 10.0. The van der Waals surface area contributed by atoms with Gasteiger partial charge < -0.3 is 4.90 Å². The van der Waals surface area contributed by atoms with E-state index in [4.69, 9.17) is 0 Å². The lowest BCUT2D eigenvalue weighted by Gasteiger charge is -2.13. The van der Waals surface area contributed by atoms with Gasteiger partial charge in [-0.05, 0) is 24.3 Å². The summed E-state index contributed by atoms with van der Waals surface area (Å²) in [6.45, 7) is 0. The van der Waals surface area contributed by atoms with Crippen LogP contribution in [-0.4, -0.2) is 49.9 Å². The summed E-state index contributed by atoms with van der Waals surface area (Å²) in [7, 11) is 3.00. The fraction of sp³-hybridized carbons (Fsp3) is 0.211. The second-order valence-electron chi connectivity index (χ2n) is 6.72. The van der Waals surface area contributed by atoms with E-state index in [0.717, 1.165) is 11.0 Å². The van der Waals surface area contributed by atoms with Gasteiger partial charge in [0.05, 0.1) is 29.1 Å². The monoisotopic (exact) mass is 456 g/mol. The molecule has 0 aliphatic rings. The van der Waals surface area contributed by atoms with E-state index in [9.17, 15) is 31.1 Å². The van der Waals surface area contributed by atoms with Crippen molar-refractivity contribution in [2.45, 2.75) is 12.4 Å². The molecule has 0 atom stereocenters. The van der Waals surface area contributed by atoms with Crippen molar-refractivity contribution in [3.8, 4) is 11.4 Å². The van der Waals surface area contributed by atoms with Crippen molar-refractivity contribution in [2.24, 2.45) is 0 Å². The smallest absolute Gasteiger partial charge is 0.345 e. The number of halogens is 6. The number of carbonyl (C=O) groups excluding carboxylic acids is 1. The Balaban J connectivity index is 2.08. The Labute approximate surface area is 177 Å². The van der Waals surface area contributed by atoms with Gasteiger partial charge in [-0.15, -0.1) is 5.10 Å². The summed E-state index contributed by atoms with van der Waals surface area (Å²) in [6, 6.07) is 2.57. The van der Waals surface area contributed by atoms with E-state index >= 15 is 0 Å². The van der Waals surface area contributed by atoms with Crippen molar-refractivity contribution in [3.63, 3.8) is 0 Å². The number of hydrogen-bond donors (Lipinski definition) is 0. The summed E-state index contributed by atoms with van der Waals surface area (Å²) >= 11 is 0. The average Bonchev–Trinajstić information content (AvgIpc) is 3.19. The van der Waals surface area contributed by atoms with Crippen LogP contribution in [-0.2, 0) is 17.1 Å². The van der Waals surface area contributed by atoms with Crippen molar-refractivity contribution in [1.82, 2.24) is 29.9 Å².